The van der Waals surface area contributed by atoms with Crippen LogP contribution in [0.5, 0.6) is 5.75 Å². The Morgan fingerprint density at radius 2 is 2.17 bits per heavy atom. The molecule has 0 unspecified atom stereocenters. The molecule has 0 radical (unpaired) electrons. The number of aromatic nitrogens is 1. The average molecular weight is 250 g/mol. The zero-order valence-electron chi connectivity index (χ0n) is 11.5. The number of hydrogen-bond donors (Lipinski definition) is 1. The van der Waals surface area contributed by atoms with Gasteiger partial charge >= 0.3 is 0 Å². The lowest BCUT2D eigenvalue weighted by molar-refractivity contribution is -0.114. The number of pyridine rings is 1. The quantitative estimate of drug-likeness (QED) is 0.756. The minimum atomic E-state index is -0.106. The van der Waals surface area contributed by atoms with Gasteiger partial charge in [0, 0.05) is 18.7 Å². The van der Waals surface area contributed by atoms with Crippen LogP contribution in [0.1, 0.15) is 45.1 Å². The fourth-order valence-electron chi connectivity index (χ4n) is 1.91. The van der Waals surface area contributed by atoms with E-state index in [4.69, 9.17) is 4.74 Å². The molecule has 0 atom stereocenters. The second-order valence-corrected chi connectivity index (χ2v) is 4.33. The van der Waals surface area contributed by atoms with Crippen molar-refractivity contribution in [3.8, 4) is 5.75 Å². The molecule has 1 amide bonds. The summed E-state index contributed by atoms with van der Waals surface area (Å²) in [5, 5.41) is 2.76. The van der Waals surface area contributed by atoms with Crippen LogP contribution in [0.4, 0.5) is 5.82 Å². The third-order valence-corrected chi connectivity index (χ3v) is 2.81. The number of ether oxygens (including phenoxy) is 1. The lowest BCUT2D eigenvalue weighted by atomic mass is 10.1. The summed E-state index contributed by atoms with van der Waals surface area (Å²) in [4.78, 5) is 15.4. The van der Waals surface area contributed by atoms with Crippen LogP contribution in [0, 0.1) is 0 Å². The highest BCUT2D eigenvalue weighted by molar-refractivity contribution is 5.88. The first kappa shape index (κ1) is 14.5. The first-order valence-corrected chi connectivity index (χ1v) is 6.48. The van der Waals surface area contributed by atoms with Crippen molar-refractivity contribution in [2.45, 2.75) is 46.0 Å². The second-order valence-electron chi connectivity index (χ2n) is 4.33. The molecule has 1 heterocycles. The van der Waals surface area contributed by atoms with E-state index in [0.717, 1.165) is 24.2 Å². The monoisotopic (exact) mass is 250 g/mol. The predicted octanol–water partition coefficient (Wildman–Crippen LogP) is 3.17. The summed E-state index contributed by atoms with van der Waals surface area (Å²) in [5.41, 5.74) is 0.992. The molecule has 0 fully saturated rings. The van der Waals surface area contributed by atoms with Gasteiger partial charge < -0.3 is 10.1 Å². The topological polar surface area (TPSA) is 51.2 Å². The Morgan fingerprint density at radius 3 is 2.78 bits per heavy atom. The van der Waals surface area contributed by atoms with Gasteiger partial charge in [0.1, 0.15) is 11.6 Å². The molecule has 1 N–H and O–H groups in total. The Kier molecular flexibility index (Phi) is 6.19. The summed E-state index contributed by atoms with van der Waals surface area (Å²) >= 11 is 0. The van der Waals surface area contributed by atoms with Crippen molar-refractivity contribution in [2.75, 3.05) is 12.4 Å². The van der Waals surface area contributed by atoms with E-state index in [0.29, 0.717) is 5.82 Å². The van der Waals surface area contributed by atoms with Crippen molar-refractivity contribution in [3.63, 3.8) is 0 Å². The van der Waals surface area contributed by atoms with Crippen LogP contribution in [0.2, 0.25) is 0 Å². The number of rotatable bonds is 7. The number of nitrogens with zero attached hydrogens (tertiary/aromatic N) is 1. The van der Waals surface area contributed by atoms with Crippen LogP contribution in [0.15, 0.2) is 12.3 Å². The minimum Gasteiger partial charge on any atom is -0.496 e. The molecule has 1 aromatic heterocycles. The van der Waals surface area contributed by atoms with E-state index in [-0.39, 0.29) is 5.91 Å². The number of amides is 1. The summed E-state index contributed by atoms with van der Waals surface area (Å²) in [6.45, 7) is 3.68. The van der Waals surface area contributed by atoms with E-state index in [1.54, 1.807) is 13.3 Å². The third-order valence-electron chi connectivity index (χ3n) is 2.81. The van der Waals surface area contributed by atoms with Gasteiger partial charge in [0.15, 0.2) is 0 Å². The van der Waals surface area contributed by atoms with E-state index >= 15 is 0 Å². The van der Waals surface area contributed by atoms with Crippen LogP contribution in [0.25, 0.3) is 0 Å². The fourth-order valence-corrected chi connectivity index (χ4v) is 1.91. The number of unbranched alkanes of at least 4 members (excludes halogenated alkanes) is 3. The molecular weight excluding hydrogens is 228 g/mol. The first-order valence-electron chi connectivity index (χ1n) is 6.48. The zero-order valence-corrected chi connectivity index (χ0v) is 11.5. The van der Waals surface area contributed by atoms with Crippen LogP contribution in [-0.2, 0) is 11.2 Å². The maximum absolute atomic E-state index is 11.1. The van der Waals surface area contributed by atoms with Gasteiger partial charge in [-0.3, -0.25) is 4.79 Å². The standard InChI is InChI=1S/C14H22N2O2/c1-4-5-6-7-8-12-13(18-3)9-10-15-14(12)16-11(2)17/h9-10H,4-8H2,1-3H3,(H,15,16,17). The molecule has 4 nitrogen and oxygen atoms in total. The Bertz CT molecular complexity index is 391. The Hall–Kier alpha value is -1.58. The van der Waals surface area contributed by atoms with Crippen LogP contribution in [0.3, 0.4) is 0 Å². The number of hydrogen-bond acceptors (Lipinski definition) is 3. The number of carbonyl (C=O) groups is 1. The maximum atomic E-state index is 11.1. The van der Waals surface area contributed by atoms with Gasteiger partial charge in [-0.2, -0.15) is 0 Å². The molecule has 100 valence electrons. The van der Waals surface area contributed by atoms with E-state index in [9.17, 15) is 4.79 Å². The fraction of sp³-hybridized carbons (Fsp3) is 0.571. The summed E-state index contributed by atoms with van der Waals surface area (Å²) < 4.78 is 5.33. The lowest BCUT2D eigenvalue weighted by Gasteiger charge is -2.12. The molecule has 1 rings (SSSR count). The van der Waals surface area contributed by atoms with Crippen molar-refractivity contribution in [1.82, 2.24) is 4.98 Å². The van der Waals surface area contributed by atoms with Gasteiger partial charge in [-0.15, -0.1) is 0 Å². The van der Waals surface area contributed by atoms with E-state index < -0.39 is 0 Å². The van der Waals surface area contributed by atoms with Crippen molar-refractivity contribution >= 4 is 11.7 Å². The molecular formula is C14H22N2O2. The molecule has 0 spiro atoms. The van der Waals surface area contributed by atoms with E-state index in [1.165, 1.54) is 26.2 Å². The molecule has 0 bridgehead atoms. The van der Waals surface area contributed by atoms with Crippen molar-refractivity contribution < 1.29 is 9.53 Å². The summed E-state index contributed by atoms with van der Waals surface area (Å²) in [6.07, 6.45) is 7.25. The number of methoxy groups -OCH3 is 1. The molecule has 0 aliphatic carbocycles. The van der Waals surface area contributed by atoms with E-state index in [2.05, 4.69) is 17.2 Å². The SMILES string of the molecule is CCCCCCc1c(OC)ccnc1NC(C)=O. The smallest absolute Gasteiger partial charge is 0.222 e. The van der Waals surface area contributed by atoms with E-state index in [1.807, 2.05) is 6.07 Å². The second kappa shape index (κ2) is 7.69. The molecule has 0 saturated heterocycles. The van der Waals surface area contributed by atoms with Gasteiger partial charge in [0.2, 0.25) is 5.91 Å². The van der Waals surface area contributed by atoms with Crippen molar-refractivity contribution in [3.05, 3.63) is 17.8 Å². The highest BCUT2D eigenvalue weighted by atomic mass is 16.5. The lowest BCUT2D eigenvalue weighted by Crippen LogP contribution is -2.10. The molecule has 0 saturated carbocycles. The first-order chi connectivity index (χ1) is 8.69. The molecule has 18 heavy (non-hydrogen) atoms. The van der Waals surface area contributed by atoms with Gasteiger partial charge in [0.05, 0.1) is 7.11 Å². The summed E-state index contributed by atoms with van der Waals surface area (Å²) in [6, 6.07) is 1.83. The molecule has 1 aromatic rings. The van der Waals surface area contributed by atoms with Crippen molar-refractivity contribution in [1.29, 1.82) is 0 Å². The van der Waals surface area contributed by atoms with Gasteiger partial charge in [0.25, 0.3) is 0 Å². The van der Waals surface area contributed by atoms with Gasteiger partial charge in [-0.1, -0.05) is 26.2 Å². The van der Waals surface area contributed by atoms with Crippen molar-refractivity contribution in [2.24, 2.45) is 0 Å². The number of nitrogens with one attached hydrogen (secondary N) is 1. The maximum Gasteiger partial charge on any atom is 0.222 e. The number of anilines is 1. The third kappa shape index (κ3) is 4.35. The number of carbonyl (C=O) groups excluding carboxylic acids is 1. The molecule has 0 aliphatic rings. The largest absolute Gasteiger partial charge is 0.496 e. The summed E-state index contributed by atoms with van der Waals surface area (Å²) in [5.74, 6) is 1.31. The van der Waals surface area contributed by atoms with Crippen LogP contribution < -0.4 is 10.1 Å². The van der Waals surface area contributed by atoms with Crippen LogP contribution >= 0.6 is 0 Å². The normalized spacial score (nSPS) is 10.2. The predicted molar refractivity (Wildman–Crippen MR) is 72.9 cm³/mol. The molecule has 4 heteroatoms. The highest BCUT2D eigenvalue weighted by Crippen LogP contribution is 2.26. The molecule has 0 aliphatic heterocycles. The minimum absolute atomic E-state index is 0.106. The van der Waals surface area contributed by atoms with Gasteiger partial charge in [-0.05, 0) is 18.9 Å². The average Bonchev–Trinajstić information content (AvgIpc) is 2.35. The van der Waals surface area contributed by atoms with Crippen LogP contribution in [-0.4, -0.2) is 18.0 Å². The van der Waals surface area contributed by atoms with Gasteiger partial charge in [-0.25, -0.2) is 4.98 Å². The molecule has 0 aromatic carbocycles. The summed E-state index contributed by atoms with van der Waals surface area (Å²) in [7, 11) is 1.64. The highest BCUT2D eigenvalue weighted by Gasteiger charge is 2.11. The Labute approximate surface area is 109 Å². The Balaban J connectivity index is 2.79. The zero-order chi connectivity index (χ0) is 13.4. The Morgan fingerprint density at radius 1 is 1.39 bits per heavy atom.